The van der Waals surface area contributed by atoms with Crippen LogP contribution in [0.2, 0.25) is 0 Å². The minimum atomic E-state index is -2.21. The molecule has 3 rings (SSSR count). The van der Waals surface area contributed by atoms with Gasteiger partial charge in [0.15, 0.2) is 0 Å². The van der Waals surface area contributed by atoms with E-state index in [2.05, 4.69) is 34.2 Å². The molecule has 4 N–H and O–H groups in total. The second-order valence-electron chi connectivity index (χ2n) is 9.35. The molecule has 1 unspecified atom stereocenters. The number of nitroso groups, excluding NO2 is 1. The number of nitrogens with zero attached hydrogens (tertiary/aromatic N) is 5. The zero-order chi connectivity index (χ0) is 28.6. The van der Waals surface area contributed by atoms with Crippen LogP contribution in [0.25, 0.3) is 0 Å². The van der Waals surface area contributed by atoms with Gasteiger partial charge in [-0.05, 0) is 55.3 Å². The van der Waals surface area contributed by atoms with Gasteiger partial charge in [-0.1, -0.05) is 24.0 Å². The van der Waals surface area contributed by atoms with Gasteiger partial charge in [0, 0.05) is 57.0 Å². The van der Waals surface area contributed by atoms with Crippen LogP contribution in [0.1, 0.15) is 40.4 Å². The Morgan fingerprint density at radius 2 is 1.54 bits per heavy atom. The van der Waals surface area contributed by atoms with Gasteiger partial charge in [0.2, 0.25) is 5.54 Å². The van der Waals surface area contributed by atoms with E-state index in [0.717, 1.165) is 56.7 Å². The van der Waals surface area contributed by atoms with E-state index in [-0.39, 0.29) is 10.7 Å². The van der Waals surface area contributed by atoms with Gasteiger partial charge in [0.1, 0.15) is 0 Å². The third kappa shape index (κ3) is 7.04. The molecule has 12 heteroatoms. The van der Waals surface area contributed by atoms with Gasteiger partial charge < -0.3 is 9.64 Å². The number of likely N-dealkylation sites (N-methyl/N-ethyl adjacent to an activating group) is 2. The van der Waals surface area contributed by atoms with Crippen molar-refractivity contribution in [2.24, 2.45) is 17.0 Å². The maximum absolute atomic E-state index is 13.2. The highest BCUT2D eigenvalue weighted by atomic mass is 16.5. The largest absolute Gasteiger partial charge is 0.380 e. The zero-order valence-corrected chi connectivity index (χ0v) is 22.3. The molecule has 12 nitrogen and oxygen atoms in total. The summed E-state index contributed by atoms with van der Waals surface area (Å²) in [5.74, 6) is 14.2. The van der Waals surface area contributed by atoms with Crippen LogP contribution in [0.3, 0.4) is 0 Å². The molecule has 1 heterocycles. The summed E-state index contributed by atoms with van der Waals surface area (Å²) in [7, 11) is 2.44. The van der Waals surface area contributed by atoms with E-state index in [0.29, 0.717) is 10.6 Å². The highest BCUT2D eigenvalue weighted by molar-refractivity contribution is 6.12. The zero-order valence-electron chi connectivity index (χ0n) is 22.3. The van der Waals surface area contributed by atoms with Gasteiger partial charge in [-0.3, -0.25) is 24.3 Å². The van der Waals surface area contributed by atoms with Crippen LogP contribution >= 0.6 is 0 Å². The first kappa shape index (κ1) is 29.4. The second-order valence-corrected chi connectivity index (χ2v) is 9.35. The van der Waals surface area contributed by atoms with Crippen LogP contribution in [0, 0.1) is 16.7 Å². The Labute approximate surface area is 227 Å². The molecule has 0 spiro atoms. The summed E-state index contributed by atoms with van der Waals surface area (Å²) in [6, 6.07) is 14.4. The molecule has 206 valence electrons. The number of benzene rings is 2. The van der Waals surface area contributed by atoms with Crippen molar-refractivity contribution in [2.75, 3.05) is 40.4 Å². The van der Waals surface area contributed by atoms with Gasteiger partial charge in [-0.15, -0.1) is 10.0 Å². The van der Waals surface area contributed by atoms with Crippen LogP contribution in [0.15, 0.2) is 53.8 Å². The Morgan fingerprint density at radius 1 is 0.949 bits per heavy atom. The molecule has 1 atom stereocenters. The van der Waals surface area contributed by atoms with Crippen LogP contribution in [0.4, 0.5) is 0 Å². The Hall–Kier alpha value is -4.15. The van der Waals surface area contributed by atoms with E-state index in [1.807, 2.05) is 12.1 Å². The summed E-state index contributed by atoms with van der Waals surface area (Å²) in [6.45, 7) is 5.52. The van der Waals surface area contributed by atoms with Crippen molar-refractivity contribution in [1.82, 2.24) is 19.9 Å². The molecule has 39 heavy (non-hydrogen) atoms. The lowest BCUT2D eigenvalue weighted by Gasteiger charge is -2.37. The number of amides is 3. The predicted octanol–water partition coefficient (Wildman–Crippen LogP) is 0.855. The van der Waals surface area contributed by atoms with Crippen LogP contribution in [-0.4, -0.2) is 83.6 Å². The fourth-order valence-corrected chi connectivity index (χ4v) is 4.13. The maximum atomic E-state index is 13.2. The van der Waals surface area contributed by atoms with Gasteiger partial charge in [-0.2, -0.15) is 0 Å². The molecule has 0 saturated carbocycles. The molecule has 0 aliphatic carbocycles. The molecule has 1 aliphatic rings. The van der Waals surface area contributed by atoms with E-state index in [4.69, 9.17) is 16.4 Å². The predicted molar refractivity (Wildman–Crippen MR) is 144 cm³/mol. The summed E-state index contributed by atoms with van der Waals surface area (Å²) >= 11 is 0. The van der Waals surface area contributed by atoms with Crippen molar-refractivity contribution in [1.29, 1.82) is 0 Å². The lowest BCUT2D eigenvalue weighted by atomic mass is 9.96. The standard InChI is InChI=1S/C27H33N7O5/c1-27(25(36)32(3)28,26(37)34(29)30-38)31(2)24(35)23-13-11-21(12-14-23)6-5-20-7-9-22(10-8-20)19-33-15-4-17-39-18-16-33/h7-14H,4,15-19,28-29H2,1-3H3. The fourth-order valence-electron chi connectivity index (χ4n) is 4.13. The molecule has 2 aromatic carbocycles. The third-order valence-corrected chi connectivity index (χ3v) is 6.58. The highest BCUT2D eigenvalue weighted by Gasteiger charge is 2.51. The van der Waals surface area contributed by atoms with Gasteiger partial charge in [0.05, 0.1) is 11.9 Å². The van der Waals surface area contributed by atoms with Crippen LogP contribution in [-0.2, 0) is 20.9 Å². The Bertz CT molecular complexity index is 1250. The molecule has 1 saturated heterocycles. The number of hydrogen-bond donors (Lipinski definition) is 2. The lowest BCUT2D eigenvalue weighted by Crippen LogP contribution is -2.67. The number of nitrogens with two attached hydrogens (primary N) is 2. The SMILES string of the molecule is CN(N)C(=O)C(C)(C(=O)N(N)N=O)N(C)C(=O)c1ccc(C#Cc2ccc(CN3CCCOCC3)cc2)cc1. The molecule has 2 aromatic rings. The number of hydrogen-bond acceptors (Lipinski definition) is 9. The van der Waals surface area contributed by atoms with Crippen molar-refractivity contribution in [2.45, 2.75) is 25.4 Å². The molecule has 0 aromatic heterocycles. The summed E-state index contributed by atoms with van der Waals surface area (Å²) in [6.07, 6.45) is 1.04. The molecular formula is C27H33N7O5. The summed E-state index contributed by atoms with van der Waals surface area (Å²) in [4.78, 5) is 52.7. The van der Waals surface area contributed by atoms with E-state index in [9.17, 15) is 19.3 Å². The quantitative estimate of drug-likeness (QED) is 0.132. The van der Waals surface area contributed by atoms with Crippen LogP contribution < -0.4 is 11.7 Å². The maximum Gasteiger partial charge on any atom is 0.295 e. The molecule has 0 radical (unpaired) electrons. The van der Waals surface area contributed by atoms with Crippen molar-refractivity contribution in [3.8, 4) is 11.8 Å². The number of rotatable bonds is 7. The van der Waals surface area contributed by atoms with Crippen molar-refractivity contribution < 1.29 is 19.1 Å². The smallest absolute Gasteiger partial charge is 0.295 e. The first-order valence-corrected chi connectivity index (χ1v) is 12.3. The van der Waals surface area contributed by atoms with Gasteiger partial charge in [-0.25, -0.2) is 11.7 Å². The topological polar surface area (TPSA) is 155 Å². The Kier molecular flexibility index (Phi) is 9.86. The summed E-state index contributed by atoms with van der Waals surface area (Å²) in [5, 5.41) is 2.94. The number of carbonyl (C=O) groups is 3. The molecular weight excluding hydrogens is 502 g/mol. The minimum absolute atomic E-state index is 0.0414. The molecule has 1 aliphatic heterocycles. The first-order valence-electron chi connectivity index (χ1n) is 12.3. The van der Waals surface area contributed by atoms with Crippen molar-refractivity contribution in [3.05, 3.63) is 75.7 Å². The van der Waals surface area contributed by atoms with Gasteiger partial charge >= 0.3 is 0 Å². The van der Waals surface area contributed by atoms with Crippen LogP contribution in [0.5, 0.6) is 0 Å². The van der Waals surface area contributed by atoms with E-state index < -0.39 is 23.3 Å². The normalized spacial score (nSPS) is 15.1. The number of ether oxygens (including phenoxy) is 1. The highest BCUT2D eigenvalue weighted by Crippen LogP contribution is 2.21. The second kappa shape index (κ2) is 13.1. The molecule has 0 bridgehead atoms. The molecule has 3 amide bonds. The van der Waals surface area contributed by atoms with Crippen molar-refractivity contribution in [3.63, 3.8) is 0 Å². The number of hydrazine groups is 2. The monoisotopic (exact) mass is 535 g/mol. The van der Waals surface area contributed by atoms with Crippen molar-refractivity contribution >= 4 is 17.7 Å². The van der Waals surface area contributed by atoms with E-state index >= 15 is 0 Å². The average molecular weight is 536 g/mol. The number of carbonyl (C=O) groups excluding carboxylic acids is 3. The van der Waals surface area contributed by atoms with E-state index in [1.165, 1.54) is 31.8 Å². The minimum Gasteiger partial charge on any atom is -0.380 e. The summed E-state index contributed by atoms with van der Waals surface area (Å²) in [5.41, 5.74) is 0.695. The first-order chi connectivity index (χ1) is 18.6. The third-order valence-electron chi connectivity index (χ3n) is 6.58. The fraction of sp³-hybridized carbons (Fsp3) is 0.370. The Balaban J connectivity index is 1.71. The lowest BCUT2D eigenvalue weighted by molar-refractivity contribution is -0.155. The summed E-state index contributed by atoms with van der Waals surface area (Å²) < 4.78 is 5.51. The average Bonchev–Trinajstić information content (AvgIpc) is 3.23. The van der Waals surface area contributed by atoms with Gasteiger partial charge in [0.25, 0.3) is 17.7 Å². The molecule has 1 fully saturated rings. The van der Waals surface area contributed by atoms with E-state index in [1.54, 1.807) is 12.1 Å². The Morgan fingerprint density at radius 3 is 2.10 bits per heavy atom.